The molecule has 5 rings (SSSR count). The summed E-state index contributed by atoms with van der Waals surface area (Å²) in [7, 11) is 0. The molecule has 182 valence electrons. The van der Waals surface area contributed by atoms with Crippen LogP contribution in [-0.4, -0.2) is 64.4 Å². The molecule has 0 aromatic carbocycles. The van der Waals surface area contributed by atoms with Crippen LogP contribution in [0.4, 0.5) is 0 Å². The Morgan fingerprint density at radius 1 is 1.21 bits per heavy atom. The standard InChI is InChI=1S/C23H33N9OS/c1-15(2)23-28-27-16(3)32(23)19-11-17-6-7-18(12-19)30(17)9-8-20(21-5-4-10-34-21)26-22(33)13-31-25-14-24-29-31/h4-5,10,14-15,17-20H,6-9,11-13H2,1-3H3,(H,26,33)/t17-,18+,19?,20-/m0/s1. The van der Waals surface area contributed by atoms with Gasteiger partial charge in [-0.2, -0.15) is 4.80 Å². The number of tetrazole rings is 1. The van der Waals surface area contributed by atoms with Gasteiger partial charge in [-0.25, -0.2) is 0 Å². The second-order valence-corrected chi connectivity index (χ2v) is 10.7. The van der Waals surface area contributed by atoms with Crippen LogP contribution < -0.4 is 5.32 Å². The normalized spacial score (nSPS) is 23.5. The van der Waals surface area contributed by atoms with Crippen molar-refractivity contribution in [2.75, 3.05) is 6.54 Å². The number of fused-ring (bicyclic) bond motifs is 2. The van der Waals surface area contributed by atoms with Gasteiger partial charge in [0.15, 0.2) is 6.33 Å². The summed E-state index contributed by atoms with van der Waals surface area (Å²) in [6, 6.07) is 5.76. The third-order valence-corrected chi connectivity index (χ3v) is 8.19. The Morgan fingerprint density at radius 2 is 2.00 bits per heavy atom. The monoisotopic (exact) mass is 483 g/mol. The summed E-state index contributed by atoms with van der Waals surface area (Å²) in [5, 5.41) is 25.5. The molecule has 5 heterocycles. The highest BCUT2D eigenvalue weighted by Crippen LogP contribution is 2.42. The van der Waals surface area contributed by atoms with Crippen LogP contribution in [0.2, 0.25) is 0 Å². The molecule has 1 amide bonds. The number of nitrogens with one attached hydrogen (secondary N) is 1. The number of piperidine rings is 1. The molecule has 0 saturated carbocycles. The van der Waals surface area contributed by atoms with E-state index in [0.29, 0.717) is 24.0 Å². The number of hydrogen-bond donors (Lipinski definition) is 1. The van der Waals surface area contributed by atoms with E-state index in [0.717, 1.165) is 37.5 Å². The molecule has 1 unspecified atom stereocenters. The minimum Gasteiger partial charge on any atom is -0.347 e. The average molecular weight is 484 g/mol. The second-order valence-electron chi connectivity index (χ2n) is 9.77. The summed E-state index contributed by atoms with van der Waals surface area (Å²) in [6.45, 7) is 7.53. The highest BCUT2D eigenvalue weighted by Gasteiger charge is 2.42. The molecule has 2 bridgehead atoms. The fourth-order valence-corrected chi connectivity index (χ4v) is 6.55. The van der Waals surface area contributed by atoms with Crippen LogP contribution in [0.25, 0.3) is 0 Å². The van der Waals surface area contributed by atoms with Crippen LogP contribution in [0.5, 0.6) is 0 Å². The van der Waals surface area contributed by atoms with Crippen molar-refractivity contribution in [1.82, 2.24) is 45.2 Å². The third-order valence-electron chi connectivity index (χ3n) is 7.21. The van der Waals surface area contributed by atoms with Crippen LogP contribution in [0.3, 0.4) is 0 Å². The van der Waals surface area contributed by atoms with Gasteiger partial charge in [-0.3, -0.25) is 9.69 Å². The average Bonchev–Trinajstić information content (AvgIpc) is 3.60. The molecule has 3 aromatic heterocycles. The van der Waals surface area contributed by atoms with E-state index in [4.69, 9.17) is 0 Å². The maximum atomic E-state index is 12.6. The first kappa shape index (κ1) is 23.1. The lowest BCUT2D eigenvalue weighted by Gasteiger charge is -2.40. The lowest BCUT2D eigenvalue weighted by molar-refractivity contribution is -0.122. The zero-order valence-electron chi connectivity index (χ0n) is 20.0. The van der Waals surface area contributed by atoms with Crippen molar-refractivity contribution in [2.24, 2.45) is 0 Å². The molecule has 2 aliphatic rings. The number of aryl methyl sites for hydroxylation is 1. The summed E-state index contributed by atoms with van der Waals surface area (Å²) in [5.41, 5.74) is 0. The smallest absolute Gasteiger partial charge is 0.244 e. The van der Waals surface area contributed by atoms with Gasteiger partial charge in [0.2, 0.25) is 5.91 Å². The fourth-order valence-electron chi connectivity index (χ4n) is 5.73. The summed E-state index contributed by atoms with van der Waals surface area (Å²) >= 11 is 1.69. The van der Waals surface area contributed by atoms with Crippen LogP contribution in [0.15, 0.2) is 23.8 Å². The Balaban J connectivity index is 1.23. The molecule has 3 aromatic rings. The minimum absolute atomic E-state index is 0.0132. The van der Waals surface area contributed by atoms with Gasteiger partial charge in [0, 0.05) is 35.5 Å². The van der Waals surface area contributed by atoms with Gasteiger partial charge >= 0.3 is 0 Å². The van der Waals surface area contributed by atoms with E-state index in [1.165, 1.54) is 28.8 Å². The first-order chi connectivity index (χ1) is 16.5. The SMILES string of the molecule is Cc1nnc(C(C)C)n1C1C[C@H]2CC[C@@H](C1)N2CC[C@H](NC(=O)Cn1ncnn1)c1cccs1. The first-order valence-corrected chi connectivity index (χ1v) is 13.1. The summed E-state index contributed by atoms with van der Waals surface area (Å²) < 4.78 is 2.40. The molecule has 1 N–H and O–H groups in total. The lowest BCUT2D eigenvalue weighted by atomic mass is 9.95. The predicted molar refractivity (Wildman–Crippen MR) is 128 cm³/mol. The summed E-state index contributed by atoms with van der Waals surface area (Å²) in [4.78, 5) is 17.8. The van der Waals surface area contributed by atoms with Crippen LogP contribution >= 0.6 is 11.3 Å². The van der Waals surface area contributed by atoms with Crippen molar-refractivity contribution in [2.45, 2.75) is 89.5 Å². The maximum Gasteiger partial charge on any atom is 0.244 e. The summed E-state index contributed by atoms with van der Waals surface area (Å²) in [6.07, 6.45) is 7.00. The van der Waals surface area contributed by atoms with Crippen molar-refractivity contribution < 1.29 is 4.79 Å². The number of aromatic nitrogens is 7. The number of carbonyl (C=O) groups is 1. The van der Waals surface area contributed by atoms with Crippen molar-refractivity contribution >= 4 is 17.2 Å². The van der Waals surface area contributed by atoms with Crippen molar-refractivity contribution in [1.29, 1.82) is 0 Å². The van der Waals surface area contributed by atoms with E-state index in [-0.39, 0.29) is 18.5 Å². The van der Waals surface area contributed by atoms with Crippen LogP contribution in [-0.2, 0) is 11.3 Å². The van der Waals surface area contributed by atoms with Crippen molar-refractivity contribution in [3.63, 3.8) is 0 Å². The molecule has 4 atom stereocenters. The van der Waals surface area contributed by atoms with Gasteiger partial charge in [0.1, 0.15) is 18.2 Å². The molecule has 0 aliphatic carbocycles. The lowest BCUT2D eigenvalue weighted by Crippen LogP contribution is -2.45. The van der Waals surface area contributed by atoms with E-state index < -0.39 is 0 Å². The van der Waals surface area contributed by atoms with Crippen LogP contribution in [0, 0.1) is 6.92 Å². The molecular formula is C23H33N9OS. The number of carbonyl (C=O) groups excluding carboxylic acids is 1. The Morgan fingerprint density at radius 3 is 2.65 bits per heavy atom. The first-order valence-electron chi connectivity index (χ1n) is 12.2. The predicted octanol–water partition coefficient (Wildman–Crippen LogP) is 2.87. The van der Waals surface area contributed by atoms with Gasteiger partial charge in [0.25, 0.3) is 0 Å². The van der Waals surface area contributed by atoms with Crippen LogP contribution in [0.1, 0.15) is 80.5 Å². The maximum absolute atomic E-state index is 12.6. The Labute approximate surface area is 203 Å². The molecule has 2 fully saturated rings. The quantitative estimate of drug-likeness (QED) is 0.499. The van der Waals surface area contributed by atoms with E-state index >= 15 is 0 Å². The van der Waals surface area contributed by atoms with Gasteiger partial charge in [-0.05, 0) is 55.7 Å². The highest BCUT2D eigenvalue weighted by atomic mass is 32.1. The number of thiophene rings is 1. The van der Waals surface area contributed by atoms with Crippen molar-refractivity contribution in [3.05, 3.63) is 40.4 Å². The zero-order chi connectivity index (χ0) is 23.7. The molecule has 2 saturated heterocycles. The largest absolute Gasteiger partial charge is 0.347 e. The van der Waals surface area contributed by atoms with Gasteiger partial charge < -0.3 is 9.88 Å². The third kappa shape index (κ3) is 4.76. The molecule has 11 heteroatoms. The molecule has 10 nitrogen and oxygen atoms in total. The number of amides is 1. The fraction of sp³-hybridized carbons (Fsp3) is 0.652. The topological polar surface area (TPSA) is 107 Å². The highest BCUT2D eigenvalue weighted by molar-refractivity contribution is 7.10. The second kappa shape index (κ2) is 9.91. The van der Waals surface area contributed by atoms with E-state index in [9.17, 15) is 4.79 Å². The van der Waals surface area contributed by atoms with E-state index in [1.54, 1.807) is 11.3 Å². The van der Waals surface area contributed by atoms with Crippen molar-refractivity contribution in [3.8, 4) is 0 Å². The molecule has 2 aliphatic heterocycles. The molecule has 0 spiro atoms. The summed E-state index contributed by atoms with van der Waals surface area (Å²) in [5.74, 6) is 2.42. The minimum atomic E-state index is -0.0950. The van der Waals surface area contributed by atoms with Gasteiger partial charge in [-0.1, -0.05) is 19.9 Å². The Hall–Kier alpha value is -2.66. The number of hydrogen-bond acceptors (Lipinski definition) is 8. The van der Waals surface area contributed by atoms with E-state index in [2.05, 4.69) is 72.6 Å². The molecular weight excluding hydrogens is 450 g/mol. The van der Waals surface area contributed by atoms with Gasteiger partial charge in [-0.15, -0.1) is 31.7 Å². The number of rotatable bonds is 9. The molecule has 0 radical (unpaired) electrons. The molecule has 34 heavy (non-hydrogen) atoms. The zero-order valence-corrected chi connectivity index (χ0v) is 20.9. The van der Waals surface area contributed by atoms with E-state index in [1.807, 2.05) is 6.07 Å². The Kier molecular flexibility index (Phi) is 6.73. The number of nitrogens with zero attached hydrogens (tertiary/aromatic N) is 8. The van der Waals surface area contributed by atoms with Gasteiger partial charge in [0.05, 0.1) is 6.04 Å². The Bertz CT molecular complexity index is 1060.